The van der Waals surface area contributed by atoms with Gasteiger partial charge in [0.25, 0.3) is 11.5 Å². The maximum Gasteiger partial charge on any atom is 0.280 e. The van der Waals surface area contributed by atoms with Crippen LogP contribution in [0.25, 0.3) is 5.65 Å². The monoisotopic (exact) mass is 456 g/mol. The zero-order chi connectivity index (χ0) is 23.7. The number of nitrogens with one attached hydrogen (secondary N) is 1. The Labute approximate surface area is 189 Å². The van der Waals surface area contributed by atoms with Gasteiger partial charge in [-0.2, -0.15) is 9.61 Å². The van der Waals surface area contributed by atoms with Crippen LogP contribution in [0, 0.1) is 11.7 Å². The zero-order valence-electron chi connectivity index (χ0n) is 18.7. The van der Waals surface area contributed by atoms with Crippen LogP contribution in [-0.4, -0.2) is 56.1 Å². The van der Waals surface area contributed by atoms with E-state index in [1.165, 1.54) is 33.2 Å². The first-order valence-corrected chi connectivity index (χ1v) is 10.6. The van der Waals surface area contributed by atoms with Gasteiger partial charge in [-0.3, -0.25) is 14.4 Å². The van der Waals surface area contributed by atoms with Gasteiger partial charge in [0.2, 0.25) is 5.91 Å². The van der Waals surface area contributed by atoms with E-state index in [1.54, 1.807) is 6.07 Å². The molecule has 0 atom stereocenters. The van der Waals surface area contributed by atoms with Crippen molar-refractivity contribution in [1.29, 1.82) is 0 Å². The molecular weight excluding hydrogens is 431 g/mol. The molecule has 0 aliphatic carbocycles. The molecule has 3 aromatic rings. The van der Waals surface area contributed by atoms with Crippen LogP contribution in [0.15, 0.2) is 29.2 Å². The molecule has 0 bridgehead atoms. The van der Waals surface area contributed by atoms with Gasteiger partial charge in [-0.15, -0.1) is 0 Å². The van der Waals surface area contributed by atoms with Crippen LogP contribution in [0.4, 0.5) is 10.2 Å². The third kappa shape index (κ3) is 4.49. The lowest BCUT2D eigenvalue weighted by Crippen LogP contribution is -2.30. The van der Waals surface area contributed by atoms with Crippen molar-refractivity contribution in [3.05, 3.63) is 57.5 Å². The van der Waals surface area contributed by atoms with Crippen molar-refractivity contribution < 1.29 is 18.7 Å². The molecule has 0 fully saturated rings. The maximum atomic E-state index is 13.2. The van der Waals surface area contributed by atoms with Gasteiger partial charge in [0.15, 0.2) is 0 Å². The highest BCUT2D eigenvalue weighted by atomic mass is 19.1. The first-order valence-electron chi connectivity index (χ1n) is 10.6. The topological polar surface area (TPSA) is 111 Å². The lowest BCUT2D eigenvalue weighted by molar-refractivity contribution is -0.116. The molecule has 10 nitrogen and oxygen atoms in total. The minimum absolute atomic E-state index is 0.118. The van der Waals surface area contributed by atoms with Crippen molar-refractivity contribution in [3.63, 3.8) is 0 Å². The molecule has 33 heavy (non-hydrogen) atoms. The highest BCUT2D eigenvalue weighted by Crippen LogP contribution is 2.23. The fourth-order valence-corrected chi connectivity index (χ4v) is 3.90. The van der Waals surface area contributed by atoms with Crippen LogP contribution in [-0.2, 0) is 29.0 Å². The van der Waals surface area contributed by atoms with E-state index in [2.05, 4.69) is 15.4 Å². The number of rotatable bonds is 8. The van der Waals surface area contributed by atoms with Gasteiger partial charge >= 0.3 is 0 Å². The van der Waals surface area contributed by atoms with Crippen LogP contribution in [0.1, 0.15) is 35.6 Å². The number of amides is 2. The number of hydrogen-bond donors (Lipinski definition) is 1. The van der Waals surface area contributed by atoms with Crippen molar-refractivity contribution in [2.24, 2.45) is 5.92 Å². The van der Waals surface area contributed by atoms with E-state index in [0.29, 0.717) is 36.8 Å². The molecule has 3 aromatic heterocycles. The summed E-state index contributed by atoms with van der Waals surface area (Å²) < 4.78 is 21.0. The molecule has 0 unspecified atom stereocenters. The summed E-state index contributed by atoms with van der Waals surface area (Å²) in [7, 11) is 1.53. The molecule has 174 valence electrons. The first-order chi connectivity index (χ1) is 15.8. The van der Waals surface area contributed by atoms with Crippen LogP contribution >= 0.6 is 0 Å². The van der Waals surface area contributed by atoms with Gasteiger partial charge in [0.05, 0.1) is 30.6 Å². The summed E-state index contributed by atoms with van der Waals surface area (Å²) in [4.78, 5) is 44.5. The number of carbonyl (C=O) groups excluding carboxylic acids is 2. The Kier molecular flexibility index (Phi) is 6.23. The number of anilines is 1. The van der Waals surface area contributed by atoms with Crippen molar-refractivity contribution in [1.82, 2.24) is 24.1 Å². The third-order valence-corrected chi connectivity index (χ3v) is 5.34. The Hall–Kier alpha value is -3.60. The summed E-state index contributed by atoms with van der Waals surface area (Å²) in [6, 6.07) is 4.26. The molecular formula is C22H25FN6O4. The number of hydrogen-bond acceptors (Lipinski definition) is 6. The summed E-state index contributed by atoms with van der Waals surface area (Å²) in [5.74, 6) is -0.856. The summed E-state index contributed by atoms with van der Waals surface area (Å²) in [5.41, 5.74) is 1.14. The fourth-order valence-electron chi connectivity index (χ4n) is 3.90. The highest BCUT2D eigenvalue weighted by Gasteiger charge is 2.35. The SMILES string of the molecule is COCCN1Cc2c(n(CC(=O)Nc3ccc(F)cn3)c3cc(CC(C)C)nn3c2=O)C1=O. The number of halogens is 1. The van der Waals surface area contributed by atoms with Crippen LogP contribution < -0.4 is 10.9 Å². The lowest BCUT2D eigenvalue weighted by Gasteiger charge is -2.15. The van der Waals surface area contributed by atoms with Gasteiger partial charge in [-0.25, -0.2) is 9.37 Å². The molecule has 1 N–H and O–H groups in total. The molecule has 11 heteroatoms. The Morgan fingerprint density at radius 1 is 1.30 bits per heavy atom. The smallest absolute Gasteiger partial charge is 0.280 e. The number of fused-ring (bicyclic) bond motifs is 2. The second-order valence-corrected chi connectivity index (χ2v) is 8.35. The average molecular weight is 456 g/mol. The molecule has 4 rings (SSSR count). The molecule has 0 spiro atoms. The first kappa shape index (κ1) is 22.6. The minimum atomic E-state index is -0.522. The van der Waals surface area contributed by atoms with E-state index in [-0.39, 0.29) is 41.6 Å². The average Bonchev–Trinajstić information content (AvgIpc) is 3.32. The van der Waals surface area contributed by atoms with Gasteiger partial charge in [-0.05, 0) is 24.5 Å². The summed E-state index contributed by atoms with van der Waals surface area (Å²) in [5, 5.41) is 7.04. The largest absolute Gasteiger partial charge is 0.383 e. The number of nitrogens with zero attached hydrogens (tertiary/aromatic N) is 5. The molecule has 0 saturated heterocycles. The van der Waals surface area contributed by atoms with Gasteiger partial charge < -0.3 is 19.5 Å². The standard InChI is InChI=1S/C22H25FN6O4/c1-13(2)8-15-9-19-28(12-18(30)25-17-5-4-14(23)10-24-17)20-16(21(31)29(19)26-15)11-27(22(20)32)6-7-33-3/h4-5,9-10,13H,6-8,11-12H2,1-3H3,(H,24,25,30). The summed E-state index contributed by atoms with van der Waals surface area (Å²) in [6.07, 6.45) is 1.64. The Balaban J connectivity index is 1.76. The predicted octanol–water partition coefficient (Wildman–Crippen LogP) is 1.47. The molecule has 0 aromatic carbocycles. The highest BCUT2D eigenvalue weighted by molar-refractivity contribution is 5.98. The van der Waals surface area contributed by atoms with Crippen LogP contribution in [0.3, 0.4) is 0 Å². The van der Waals surface area contributed by atoms with Crippen LogP contribution in [0.2, 0.25) is 0 Å². The van der Waals surface area contributed by atoms with Crippen LogP contribution in [0.5, 0.6) is 0 Å². The van der Waals surface area contributed by atoms with Crippen molar-refractivity contribution >= 4 is 23.3 Å². The number of aromatic nitrogens is 4. The van der Waals surface area contributed by atoms with Crippen molar-refractivity contribution in [3.8, 4) is 0 Å². The molecule has 1 aliphatic heterocycles. The number of ether oxygens (including phenoxy) is 1. The third-order valence-electron chi connectivity index (χ3n) is 5.34. The fraction of sp³-hybridized carbons (Fsp3) is 0.409. The molecule has 4 heterocycles. The normalized spacial score (nSPS) is 13.2. The van der Waals surface area contributed by atoms with E-state index >= 15 is 0 Å². The second kappa shape index (κ2) is 9.10. The Morgan fingerprint density at radius 3 is 2.76 bits per heavy atom. The maximum absolute atomic E-state index is 13.2. The molecule has 2 amide bonds. The Bertz CT molecular complexity index is 1260. The second-order valence-electron chi connectivity index (χ2n) is 8.35. The number of carbonyl (C=O) groups is 2. The summed E-state index contributed by atoms with van der Waals surface area (Å²) >= 11 is 0. The quantitative estimate of drug-likeness (QED) is 0.550. The van der Waals surface area contributed by atoms with Gasteiger partial charge in [0.1, 0.15) is 29.5 Å². The van der Waals surface area contributed by atoms with E-state index in [1.807, 2.05) is 13.8 Å². The molecule has 0 radical (unpaired) electrons. The van der Waals surface area contributed by atoms with E-state index in [9.17, 15) is 18.8 Å². The zero-order valence-corrected chi connectivity index (χ0v) is 18.7. The van der Waals surface area contributed by atoms with E-state index < -0.39 is 11.7 Å². The van der Waals surface area contributed by atoms with Crippen molar-refractivity contribution in [2.45, 2.75) is 33.4 Å². The van der Waals surface area contributed by atoms with Crippen molar-refractivity contribution in [2.75, 3.05) is 25.6 Å². The minimum Gasteiger partial charge on any atom is -0.383 e. The lowest BCUT2D eigenvalue weighted by atomic mass is 10.1. The number of methoxy groups -OCH3 is 1. The summed E-state index contributed by atoms with van der Waals surface area (Å²) in [6.45, 7) is 4.58. The predicted molar refractivity (Wildman–Crippen MR) is 117 cm³/mol. The molecule has 0 saturated carbocycles. The Morgan fingerprint density at radius 2 is 2.09 bits per heavy atom. The van der Waals surface area contributed by atoms with Gasteiger partial charge in [-0.1, -0.05) is 13.8 Å². The van der Waals surface area contributed by atoms with E-state index in [0.717, 1.165) is 6.20 Å². The molecule has 1 aliphatic rings. The van der Waals surface area contributed by atoms with E-state index in [4.69, 9.17) is 4.74 Å². The van der Waals surface area contributed by atoms with Gasteiger partial charge in [0, 0.05) is 19.7 Å². The number of pyridine rings is 1.